The molecule has 0 radical (unpaired) electrons. The van der Waals surface area contributed by atoms with Gasteiger partial charge in [0.25, 0.3) is 0 Å². The number of aromatic nitrogens is 2. The maximum atomic E-state index is 10.4. The van der Waals surface area contributed by atoms with E-state index in [1.54, 1.807) is 0 Å². The topological polar surface area (TPSA) is 37.5 Å². The number of hydrogen-bond acceptors (Lipinski definition) is 2. The van der Waals surface area contributed by atoms with E-state index < -0.39 is 0 Å². The number of hydrogen-bond donors (Lipinski definition) is 1. The number of allylic oxidation sites excluding steroid dienone is 1. The molecular formula is C18H18N2O. The van der Waals surface area contributed by atoms with Crippen molar-refractivity contribution in [3.63, 3.8) is 0 Å². The average molecular weight is 278 g/mol. The van der Waals surface area contributed by atoms with Crippen molar-refractivity contribution >= 4 is 11.7 Å². The third-order valence-corrected chi connectivity index (χ3v) is 3.78. The number of benzene rings is 1. The van der Waals surface area contributed by atoms with Crippen molar-refractivity contribution in [2.24, 2.45) is 0 Å². The van der Waals surface area contributed by atoms with Crippen LogP contribution in [0, 0.1) is 13.8 Å². The molecule has 0 aliphatic heterocycles. The third kappa shape index (κ3) is 2.55. The Hall–Kier alpha value is -2.55. The lowest BCUT2D eigenvalue weighted by molar-refractivity contribution is 0.472. The fourth-order valence-electron chi connectivity index (χ4n) is 2.41. The fourth-order valence-corrected chi connectivity index (χ4v) is 2.41. The van der Waals surface area contributed by atoms with Gasteiger partial charge in [0.15, 0.2) is 11.4 Å². The van der Waals surface area contributed by atoms with Crippen LogP contribution < -0.4 is 0 Å². The van der Waals surface area contributed by atoms with Crippen molar-refractivity contribution in [1.29, 1.82) is 0 Å². The molecule has 0 saturated heterocycles. The number of aromatic hydroxyl groups is 1. The first kappa shape index (κ1) is 13.4. The van der Waals surface area contributed by atoms with E-state index in [0.717, 1.165) is 22.5 Å². The molecule has 3 nitrogen and oxygen atoms in total. The van der Waals surface area contributed by atoms with Crippen LogP contribution in [-0.2, 0) is 6.42 Å². The molecule has 3 rings (SSSR count). The van der Waals surface area contributed by atoms with Crippen LogP contribution in [-0.4, -0.2) is 14.5 Å². The van der Waals surface area contributed by atoms with Gasteiger partial charge in [-0.25, -0.2) is 4.98 Å². The highest BCUT2D eigenvalue weighted by atomic mass is 16.3. The molecule has 2 heterocycles. The second-order valence-electron chi connectivity index (χ2n) is 5.18. The quantitative estimate of drug-likeness (QED) is 0.788. The number of fused-ring (bicyclic) bond motifs is 1. The normalized spacial score (nSPS) is 11.5. The number of pyridine rings is 1. The van der Waals surface area contributed by atoms with E-state index in [-0.39, 0.29) is 5.75 Å². The minimum atomic E-state index is 0.270. The van der Waals surface area contributed by atoms with Crippen LogP contribution in [0.15, 0.2) is 48.7 Å². The summed E-state index contributed by atoms with van der Waals surface area (Å²) in [5.74, 6) is 0.270. The van der Waals surface area contributed by atoms with Crippen molar-refractivity contribution in [3.8, 4) is 5.75 Å². The van der Waals surface area contributed by atoms with Gasteiger partial charge in [0.05, 0.1) is 5.69 Å². The summed E-state index contributed by atoms with van der Waals surface area (Å²) in [7, 11) is 0. The SMILES string of the molecule is Cc1nc2c(O)c(C/C=C/c3ccccc3)ccn2c1C. The summed E-state index contributed by atoms with van der Waals surface area (Å²) >= 11 is 0. The molecular weight excluding hydrogens is 260 g/mol. The maximum Gasteiger partial charge on any atom is 0.180 e. The molecule has 2 aromatic heterocycles. The van der Waals surface area contributed by atoms with Gasteiger partial charge in [0, 0.05) is 17.5 Å². The average Bonchev–Trinajstić information content (AvgIpc) is 2.79. The molecule has 0 aliphatic rings. The van der Waals surface area contributed by atoms with Crippen molar-refractivity contribution in [1.82, 2.24) is 9.38 Å². The van der Waals surface area contributed by atoms with Gasteiger partial charge in [-0.2, -0.15) is 0 Å². The first-order chi connectivity index (χ1) is 10.2. The largest absolute Gasteiger partial charge is 0.504 e. The van der Waals surface area contributed by atoms with Crippen molar-refractivity contribution in [2.45, 2.75) is 20.3 Å². The second kappa shape index (κ2) is 5.44. The monoisotopic (exact) mass is 278 g/mol. The Balaban J connectivity index is 1.88. The van der Waals surface area contributed by atoms with E-state index in [1.165, 1.54) is 0 Å². The zero-order chi connectivity index (χ0) is 14.8. The molecule has 3 heteroatoms. The Bertz CT molecular complexity index is 801. The minimum absolute atomic E-state index is 0.270. The summed E-state index contributed by atoms with van der Waals surface area (Å²) < 4.78 is 1.93. The van der Waals surface area contributed by atoms with Gasteiger partial charge in [0.2, 0.25) is 0 Å². The molecule has 0 bridgehead atoms. The predicted molar refractivity (Wildman–Crippen MR) is 85.5 cm³/mol. The number of rotatable bonds is 3. The molecule has 1 N–H and O–H groups in total. The molecule has 0 atom stereocenters. The smallest absolute Gasteiger partial charge is 0.180 e. The molecule has 0 fully saturated rings. The molecule has 1 aromatic carbocycles. The van der Waals surface area contributed by atoms with Crippen LogP contribution in [0.3, 0.4) is 0 Å². The molecule has 0 spiro atoms. The first-order valence-corrected chi connectivity index (χ1v) is 7.04. The Kier molecular flexibility index (Phi) is 3.48. The Morgan fingerprint density at radius 1 is 1.14 bits per heavy atom. The highest BCUT2D eigenvalue weighted by Gasteiger charge is 2.11. The van der Waals surface area contributed by atoms with E-state index in [1.807, 2.05) is 48.7 Å². The molecule has 3 aromatic rings. The second-order valence-corrected chi connectivity index (χ2v) is 5.18. The van der Waals surface area contributed by atoms with Gasteiger partial charge >= 0.3 is 0 Å². The van der Waals surface area contributed by atoms with Gasteiger partial charge in [-0.1, -0.05) is 42.5 Å². The van der Waals surface area contributed by atoms with Gasteiger partial charge in [-0.3, -0.25) is 0 Å². The molecule has 0 aliphatic carbocycles. The molecule has 0 saturated carbocycles. The lowest BCUT2D eigenvalue weighted by Crippen LogP contribution is -1.91. The van der Waals surface area contributed by atoms with Crippen LogP contribution in [0.4, 0.5) is 0 Å². The molecule has 106 valence electrons. The minimum Gasteiger partial charge on any atom is -0.504 e. The number of aryl methyl sites for hydroxylation is 2. The highest BCUT2D eigenvalue weighted by Crippen LogP contribution is 2.25. The lowest BCUT2D eigenvalue weighted by Gasteiger charge is -2.04. The van der Waals surface area contributed by atoms with Gasteiger partial charge < -0.3 is 9.51 Å². The number of imidazole rings is 1. The van der Waals surface area contributed by atoms with Crippen LogP contribution in [0.25, 0.3) is 11.7 Å². The Labute approximate surface area is 124 Å². The first-order valence-electron chi connectivity index (χ1n) is 7.04. The summed E-state index contributed by atoms with van der Waals surface area (Å²) in [6.45, 7) is 3.96. The van der Waals surface area contributed by atoms with Crippen LogP contribution in [0.1, 0.15) is 22.5 Å². The van der Waals surface area contributed by atoms with Crippen LogP contribution in [0.5, 0.6) is 5.75 Å². The Morgan fingerprint density at radius 2 is 1.90 bits per heavy atom. The van der Waals surface area contributed by atoms with E-state index >= 15 is 0 Å². The summed E-state index contributed by atoms with van der Waals surface area (Å²) in [5, 5.41) is 10.4. The fraction of sp³-hybridized carbons (Fsp3) is 0.167. The molecule has 21 heavy (non-hydrogen) atoms. The van der Waals surface area contributed by atoms with Crippen LogP contribution in [0.2, 0.25) is 0 Å². The van der Waals surface area contributed by atoms with Gasteiger partial charge in [0.1, 0.15) is 0 Å². The van der Waals surface area contributed by atoms with Gasteiger partial charge in [-0.15, -0.1) is 0 Å². The van der Waals surface area contributed by atoms with Gasteiger partial charge in [-0.05, 0) is 31.9 Å². The highest BCUT2D eigenvalue weighted by molar-refractivity contribution is 5.60. The van der Waals surface area contributed by atoms with E-state index in [0.29, 0.717) is 12.1 Å². The van der Waals surface area contributed by atoms with Crippen molar-refractivity contribution in [2.75, 3.05) is 0 Å². The standard InChI is InChI=1S/C18H18N2O/c1-13-14(2)20-12-11-16(17(21)18(20)19-13)10-6-9-15-7-4-3-5-8-15/h3-9,11-12,21H,10H2,1-2H3/b9-6+. The summed E-state index contributed by atoms with van der Waals surface area (Å²) in [4.78, 5) is 4.43. The summed E-state index contributed by atoms with van der Waals surface area (Å²) in [6.07, 6.45) is 6.77. The maximum absolute atomic E-state index is 10.4. The van der Waals surface area contributed by atoms with Crippen LogP contribution >= 0.6 is 0 Å². The summed E-state index contributed by atoms with van der Waals surface area (Å²) in [6, 6.07) is 12.1. The number of nitrogens with zero attached hydrogens (tertiary/aromatic N) is 2. The zero-order valence-corrected chi connectivity index (χ0v) is 12.2. The van der Waals surface area contributed by atoms with E-state index in [4.69, 9.17) is 0 Å². The third-order valence-electron chi connectivity index (χ3n) is 3.78. The summed E-state index contributed by atoms with van der Waals surface area (Å²) in [5.41, 5.74) is 4.69. The molecule has 0 amide bonds. The van der Waals surface area contributed by atoms with E-state index in [2.05, 4.69) is 29.3 Å². The van der Waals surface area contributed by atoms with Crippen molar-refractivity contribution < 1.29 is 5.11 Å². The zero-order valence-electron chi connectivity index (χ0n) is 12.2. The lowest BCUT2D eigenvalue weighted by atomic mass is 10.1. The Morgan fingerprint density at radius 3 is 2.67 bits per heavy atom. The van der Waals surface area contributed by atoms with Crippen molar-refractivity contribution in [3.05, 3.63) is 71.2 Å². The predicted octanol–water partition coefficient (Wildman–Crippen LogP) is 3.91. The molecule has 0 unspecified atom stereocenters. The van der Waals surface area contributed by atoms with E-state index in [9.17, 15) is 5.11 Å².